The van der Waals surface area contributed by atoms with Gasteiger partial charge in [-0.25, -0.2) is 9.97 Å². The fourth-order valence-electron chi connectivity index (χ4n) is 1.89. The molecule has 6 nitrogen and oxygen atoms in total. The molecule has 0 atom stereocenters. The lowest BCUT2D eigenvalue weighted by atomic mass is 9.99. The summed E-state index contributed by atoms with van der Waals surface area (Å²) in [6.45, 7) is 5.88. The van der Waals surface area contributed by atoms with Crippen LogP contribution in [-0.2, 0) is 6.42 Å². The zero-order valence-corrected chi connectivity index (χ0v) is 11.6. The van der Waals surface area contributed by atoms with E-state index < -0.39 is 0 Å². The molecule has 2 heterocycles. The van der Waals surface area contributed by atoms with Crippen molar-refractivity contribution < 1.29 is 4.74 Å². The Balaban J connectivity index is 2.43. The molecule has 0 saturated heterocycles. The molecule has 104 valence electrons. The number of aromatic nitrogens is 3. The number of hydrogen-bond donors (Lipinski definition) is 2. The number of ether oxygens (including phenoxy) is 1. The third kappa shape index (κ3) is 2.85. The maximum absolute atomic E-state index is 5.87. The molecule has 0 fully saturated rings. The van der Waals surface area contributed by atoms with Crippen molar-refractivity contribution in [3.8, 4) is 5.88 Å². The largest absolute Gasteiger partial charge is 0.481 e. The van der Waals surface area contributed by atoms with Gasteiger partial charge < -0.3 is 16.2 Å². The quantitative estimate of drug-likeness (QED) is 0.877. The van der Waals surface area contributed by atoms with E-state index in [2.05, 4.69) is 21.5 Å². The average molecular weight is 271 g/mol. The lowest BCUT2D eigenvalue weighted by molar-refractivity contribution is 0.397. The van der Waals surface area contributed by atoms with E-state index in [0.717, 1.165) is 22.3 Å². The third-order valence-electron chi connectivity index (χ3n) is 2.93. The number of nitrogens with zero attached hydrogens (tertiary/aromatic N) is 3. The topological polar surface area (TPSA) is 99.9 Å². The van der Waals surface area contributed by atoms with E-state index in [1.165, 1.54) is 0 Å². The normalized spacial score (nSPS) is 10.3. The van der Waals surface area contributed by atoms with Gasteiger partial charge >= 0.3 is 0 Å². The monoisotopic (exact) mass is 271 g/mol. The maximum Gasteiger partial charge on any atom is 0.221 e. The van der Waals surface area contributed by atoms with Gasteiger partial charge in [0.25, 0.3) is 0 Å². The van der Waals surface area contributed by atoms with Crippen molar-refractivity contribution in [2.75, 3.05) is 18.6 Å². The molecule has 0 aliphatic heterocycles. The predicted molar refractivity (Wildman–Crippen MR) is 79.2 cm³/mol. The van der Waals surface area contributed by atoms with Gasteiger partial charge in [0.2, 0.25) is 11.8 Å². The molecule has 0 unspecified atom stereocenters. The van der Waals surface area contributed by atoms with Crippen molar-refractivity contribution >= 4 is 17.3 Å². The zero-order valence-electron chi connectivity index (χ0n) is 11.6. The molecule has 2 rings (SSSR count). The summed E-state index contributed by atoms with van der Waals surface area (Å²) in [6.07, 6.45) is 3.94. The summed E-state index contributed by atoms with van der Waals surface area (Å²) in [5, 5.41) is 0. The zero-order chi connectivity index (χ0) is 14.7. The van der Waals surface area contributed by atoms with Gasteiger partial charge in [0, 0.05) is 30.4 Å². The number of nitrogen functional groups attached to an aromatic ring is 2. The van der Waals surface area contributed by atoms with Gasteiger partial charge in [0.1, 0.15) is 5.82 Å². The Morgan fingerprint density at radius 2 is 2.00 bits per heavy atom. The summed E-state index contributed by atoms with van der Waals surface area (Å²) in [6, 6.07) is 1.86. The molecule has 0 spiro atoms. The fraction of sp³-hybridized carbons (Fsp3) is 0.214. The molecular weight excluding hydrogens is 254 g/mol. The Morgan fingerprint density at radius 3 is 2.60 bits per heavy atom. The highest BCUT2D eigenvalue weighted by Crippen LogP contribution is 2.24. The number of rotatable bonds is 4. The summed E-state index contributed by atoms with van der Waals surface area (Å²) in [7, 11) is 1.58. The molecule has 0 amide bonds. The Labute approximate surface area is 117 Å². The first-order valence-electron chi connectivity index (χ1n) is 6.07. The predicted octanol–water partition coefficient (Wildman–Crippen LogP) is 1.67. The minimum absolute atomic E-state index is 0.165. The van der Waals surface area contributed by atoms with Crippen LogP contribution in [0.15, 0.2) is 25.0 Å². The number of methoxy groups -OCH3 is 1. The number of pyridine rings is 1. The lowest BCUT2D eigenvalue weighted by Crippen LogP contribution is -2.05. The van der Waals surface area contributed by atoms with Crippen molar-refractivity contribution in [3.63, 3.8) is 0 Å². The summed E-state index contributed by atoms with van der Waals surface area (Å²) < 4.78 is 5.15. The van der Waals surface area contributed by atoms with Crippen LogP contribution >= 0.6 is 0 Å². The van der Waals surface area contributed by atoms with E-state index in [9.17, 15) is 0 Å². The van der Waals surface area contributed by atoms with E-state index in [1.54, 1.807) is 19.5 Å². The second-order valence-corrected chi connectivity index (χ2v) is 4.48. The molecular formula is C14H17N5O. The minimum atomic E-state index is 0.165. The first-order valence-corrected chi connectivity index (χ1v) is 6.07. The van der Waals surface area contributed by atoms with E-state index in [0.29, 0.717) is 18.1 Å². The SMILES string of the molecule is C=C(C)c1cnc(OC)cc1Cc1cnc(N)nc1N. The standard InChI is InChI=1S/C14H17N5O/c1-8(2)11-7-17-12(20-3)5-9(11)4-10-6-18-14(16)19-13(10)15/h5-7H,1,4H2,2-3H3,(H4,15,16,18,19). The van der Waals surface area contributed by atoms with Crippen LogP contribution in [0.2, 0.25) is 0 Å². The van der Waals surface area contributed by atoms with Crippen molar-refractivity contribution in [1.82, 2.24) is 15.0 Å². The summed E-state index contributed by atoms with van der Waals surface area (Å²) in [4.78, 5) is 12.1. The van der Waals surface area contributed by atoms with E-state index >= 15 is 0 Å². The van der Waals surface area contributed by atoms with E-state index in [1.807, 2.05) is 13.0 Å². The Hall–Kier alpha value is -2.63. The molecule has 20 heavy (non-hydrogen) atoms. The van der Waals surface area contributed by atoms with Crippen LogP contribution in [0.3, 0.4) is 0 Å². The number of hydrogen-bond acceptors (Lipinski definition) is 6. The van der Waals surface area contributed by atoms with Crippen LogP contribution in [0.1, 0.15) is 23.6 Å². The molecule has 0 radical (unpaired) electrons. The Morgan fingerprint density at radius 1 is 1.25 bits per heavy atom. The van der Waals surface area contributed by atoms with Gasteiger partial charge in [-0.2, -0.15) is 4.98 Å². The maximum atomic E-state index is 5.87. The number of nitrogens with two attached hydrogens (primary N) is 2. The number of anilines is 2. The van der Waals surface area contributed by atoms with Crippen LogP contribution in [0.25, 0.3) is 5.57 Å². The van der Waals surface area contributed by atoms with Crippen molar-refractivity contribution in [2.45, 2.75) is 13.3 Å². The number of allylic oxidation sites excluding steroid dienone is 1. The smallest absolute Gasteiger partial charge is 0.221 e. The molecule has 0 saturated carbocycles. The van der Waals surface area contributed by atoms with Gasteiger partial charge in [0.05, 0.1) is 7.11 Å². The van der Waals surface area contributed by atoms with Crippen molar-refractivity contribution in [2.24, 2.45) is 0 Å². The highest BCUT2D eigenvalue weighted by atomic mass is 16.5. The van der Waals surface area contributed by atoms with Gasteiger partial charge in [-0.05, 0) is 23.6 Å². The van der Waals surface area contributed by atoms with E-state index in [-0.39, 0.29) is 5.95 Å². The Bertz CT molecular complexity index is 654. The molecule has 2 aromatic rings. The highest BCUT2D eigenvalue weighted by Gasteiger charge is 2.10. The van der Waals surface area contributed by atoms with Crippen LogP contribution in [-0.4, -0.2) is 22.1 Å². The van der Waals surface area contributed by atoms with Gasteiger partial charge in [-0.15, -0.1) is 0 Å². The third-order valence-corrected chi connectivity index (χ3v) is 2.93. The highest BCUT2D eigenvalue weighted by molar-refractivity contribution is 5.65. The summed E-state index contributed by atoms with van der Waals surface area (Å²) in [5.74, 6) is 1.08. The van der Waals surface area contributed by atoms with Crippen LogP contribution in [0, 0.1) is 0 Å². The second-order valence-electron chi connectivity index (χ2n) is 4.48. The van der Waals surface area contributed by atoms with E-state index in [4.69, 9.17) is 16.2 Å². The summed E-state index contributed by atoms with van der Waals surface area (Å²) in [5.41, 5.74) is 15.1. The molecule has 2 aromatic heterocycles. The molecule has 6 heteroatoms. The van der Waals surface area contributed by atoms with Gasteiger partial charge in [0.15, 0.2) is 0 Å². The van der Waals surface area contributed by atoms with Crippen LogP contribution in [0.5, 0.6) is 5.88 Å². The molecule has 0 aliphatic carbocycles. The van der Waals surface area contributed by atoms with Crippen LogP contribution in [0.4, 0.5) is 11.8 Å². The van der Waals surface area contributed by atoms with Crippen molar-refractivity contribution in [3.05, 3.63) is 41.7 Å². The second kappa shape index (κ2) is 5.56. The molecule has 0 aromatic carbocycles. The Kier molecular flexibility index (Phi) is 3.84. The van der Waals surface area contributed by atoms with Gasteiger partial charge in [-0.3, -0.25) is 0 Å². The lowest BCUT2D eigenvalue weighted by Gasteiger charge is -2.11. The minimum Gasteiger partial charge on any atom is -0.481 e. The molecule has 4 N–H and O–H groups in total. The first kappa shape index (κ1) is 13.8. The van der Waals surface area contributed by atoms with Crippen molar-refractivity contribution in [1.29, 1.82) is 0 Å². The average Bonchev–Trinajstić information content (AvgIpc) is 2.41. The molecule has 0 aliphatic rings. The fourth-order valence-corrected chi connectivity index (χ4v) is 1.89. The first-order chi connectivity index (χ1) is 9.51. The molecule has 0 bridgehead atoms. The van der Waals surface area contributed by atoms with Crippen LogP contribution < -0.4 is 16.2 Å². The van der Waals surface area contributed by atoms with Gasteiger partial charge in [-0.1, -0.05) is 6.58 Å². The summed E-state index contributed by atoms with van der Waals surface area (Å²) >= 11 is 0.